The summed E-state index contributed by atoms with van der Waals surface area (Å²) in [5, 5.41) is 0.687. The number of hydrogen-bond acceptors (Lipinski definition) is 4. The van der Waals surface area contributed by atoms with Gasteiger partial charge in [0.25, 0.3) is 15.9 Å². The topological polar surface area (TPSA) is 69.7 Å². The Balaban J connectivity index is 1.51. The Morgan fingerprint density at radius 2 is 1.51 bits per heavy atom. The zero-order valence-corrected chi connectivity index (χ0v) is 22.0. The Morgan fingerprint density at radius 3 is 2.20 bits per heavy atom. The molecular formula is C27H30ClN3O3S. The zero-order valence-electron chi connectivity index (χ0n) is 20.4. The van der Waals surface area contributed by atoms with Crippen LogP contribution in [-0.2, 0) is 10.0 Å². The minimum Gasteiger partial charge on any atom is -0.368 e. The first-order valence-corrected chi connectivity index (χ1v) is 13.4. The van der Waals surface area contributed by atoms with E-state index in [1.165, 1.54) is 6.07 Å². The fraction of sp³-hybridized carbons (Fsp3) is 0.296. The zero-order chi connectivity index (χ0) is 25.3. The van der Waals surface area contributed by atoms with E-state index in [0.29, 0.717) is 48.0 Å². The van der Waals surface area contributed by atoms with Gasteiger partial charge in [-0.2, -0.15) is 0 Å². The summed E-state index contributed by atoms with van der Waals surface area (Å²) in [6.45, 7) is 10.0. The van der Waals surface area contributed by atoms with Crippen LogP contribution in [0.1, 0.15) is 32.6 Å². The van der Waals surface area contributed by atoms with E-state index in [0.717, 1.165) is 22.4 Å². The monoisotopic (exact) mass is 511 g/mol. The molecule has 0 aromatic heterocycles. The largest absolute Gasteiger partial charge is 0.368 e. The number of amides is 1. The summed E-state index contributed by atoms with van der Waals surface area (Å²) in [5.74, 6) is -0.171. The molecule has 0 unspecified atom stereocenters. The van der Waals surface area contributed by atoms with Crippen LogP contribution in [0.25, 0.3) is 0 Å². The van der Waals surface area contributed by atoms with Crippen molar-refractivity contribution in [1.82, 2.24) is 4.90 Å². The van der Waals surface area contributed by atoms with Crippen molar-refractivity contribution in [2.24, 2.45) is 0 Å². The van der Waals surface area contributed by atoms with Crippen molar-refractivity contribution < 1.29 is 13.2 Å². The Hall–Kier alpha value is -3.03. The van der Waals surface area contributed by atoms with Gasteiger partial charge in [0.2, 0.25) is 0 Å². The molecule has 0 spiro atoms. The van der Waals surface area contributed by atoms with Crippen molar-refractivity contribution in [3.8, 4) is 0 Å². The highest BCUT2D eigenvalue weighted by molar-refractivity contribution is 7.92. The Labute approximate surface area is 212 Å². The van der Waals surface area contributed by atoms with Gasteiger partial charge in [-0.25, -0.2) is 8.42 Å². The molecule has 3 aromatic carbocycles. The van der Waals surface area contributed by atoms with Gasteiger partial charge in [-0.1, -0.05) is 41.4 Å². The second-order valence-electron chi connectivity index (χ2n) is 9.11. The maximum absolute atomic E-state index is 13.3. The number of carbonyl (C=O) groups excluding carboxylic acids is 1. The number of rotatable bonds is 5. The van der Waals surface area contributed by atoms with Gasteiger partial charge >= 0.3 is 0 Å². The van der Waals surface area contributed by atoms with Gasteiger partial charge in [0, 0.05) is 42.5 Å². The third-order valence-corrected chi connectivity index (χ3v) is 8.17. The van der Waals surface area contributed by atoms with Crippen molar-refractivity contribution in [3.63, 3.8) is 0 Å². The summed E-state index contributed by atoms with van der Waals surface area (Å²) in [7, 11) is -3.86. The maximum atomic E-state index is 13.3. The summed E-state index contributed by atoms with van der Waals surface area (Å²) < 4.78 is 29.1. The van der Waals surface area contributed by atoms with Crippen LogP contribution >= 0.6 is 11.6 Å². The molecule has 35 heavy (non-hydrogen) atoms. The van der Waals surface area contributed by atoms with E-state index in [1.807, 2.05) is 51.1 Å². The lowest BCUT2D eigenvalue weighted by Gasteiger charge is -2.37. The predicted octanol–water partition coefficient (Wildman–Crippen LogP) is 5.34. The highest BCUT2D eigenvalue weighted by atomic mass is 35.5. The molecule has 0 atom stereocenters. The summed E-state index contributed by atoms with van der Waals surface area (Å²) in [6.07, 6.45) is 0. The van der Waals surface area contributed by atoms with Gasteiger partial charge in [0.05, 0.1) is 10.6 Å². The molecule has 0 saturated carbocycles. The lowest BCUT2D eigenvalue weighted by Crippen LogP contribution is -2.49. The quantitative estimate of drug-likeness (QED) is 0.502. The van der Waals surface area contributed by atoms with Crippen molar-refractivity contribution >= 4 is 38.9 Å². The smallest absolute Gasteiger partial charge is 0.262 e. The first-order chi connectivity index (χ1) is 16.5. The van der Waals surface area contributed by atoms with E-state index in [-0.39, 0.29) is 10.8 Å². The molecule has 1 aliphatic rings. The molecule has 184 valence electrons. The van der Waals surface area contributed by atoms with Gasteiger partial charge < -0.3 is 9.80 Å². The van der Waals surface area contributed by atoms with E-state index in [4.69, 9.17) is 11.6 Å². The molecule has 1 fully saturated rings. The molecule has 1 aliphatic heterocycles. The molecule has 4 rings (SSSR count). The third kappa shape index (κ3) is 5.46. The maximum Gasteiger partial charge on any atom is 0.262 e. The van der Waals surface area contributed by atoms with E-state index < -0.39 is 10.0 Å². The van der Waals surface area contributed by atoms with Gasteiger partial charge in [0.1, 0.15) is 0 Å². The highest BCUT2D eigenvalue weighted by Gasteiger charge is 2.25. The normalized spacial score (nSPS) is 14.2. The lowest BCUT2D eigenvalue weighted by molar-refractivity contribution is 0.0746. The van der Waals surface area contributed by atoms with E-state index >= 15 is 0 Å². The van der Waals surface area contributed by atoms with Gasteiger partial charge in [-0.3, -0.25) is 9.52 Å². The first kappa shape index (κ1) is 25.1. The van der Waals surface area contributed by atoms with Crippen LogP contribution in [0.2, 0.25) is 5.02 Å². The number of piperazine rings is 1. The number of nitrogens with one attached hydrogen (secondary N) is 1. The van der Waals surface area contributed by atoms with Crippen molar-refractivity contribution in [3.05, 3.63) is 87.4 Å². The van der Waals surface area contributed by atoms with Gasteiger partial charge in [0.15, 0.2) is 0 Å². The number of sulfonamides is 1. The average molecular weight is 512 g/mol. The molecule has 0 radical (unpaired) electrons. The minimum atomic E-state index is -3.86. The molecule has 1 amide bonds. The van der Waals surface area contributed by atoms with Crippen LogP contribution in [0.3, 0.4) is 0 Å². The van der Waals surface area contributed by atoms with Crippen LogP contribution in [-0.4, -0.2) is 45.4 Å². The number of benzene rings is 3. The molecule has 1 N–H and O–H groups in total. The summed E-state index contributed by atoms with van der Waals surface area (Å²) in [4.78, 5) is 17.4. The summed E-state index contributed by atoms with van der Waals surface area (Å²) >= 11 is 6.18. The standard InChI is InChI=1S/C27H30ClN3O3S/c1-18-5-10-24(21(4)15-18)29-35(33,34)26-16-22(8-6-20(26)3)27(32)31-13-11-30(12-14-31)25-17-23(28)9-7-19(25)2/h5-10,15-17,29H,11-14H2,1-4H3. The molecule has 1 heterocycles. The third-order valence-electron chi connectivity index (χ3n) is 6.43. The molecule has 6 nitrogen and oxygen atoms in total. The fourth-order valence-electron chi connectivity index (χ4n) is 4.41. The van der Waals surface area contributed by atoms with E-state index in [2.05, 4.69) is 9.62 Å². The number of halogens is 1. The lowest BCUT2D eigenvalue weighted by atomic mass is 10.1. The van der Waals surface area contributed by atoms with Crippen molar-refractivity contribution in [2.75, 3.05) is 35.8 Å². The van der Waals surface area contributed by atoms with Crippen LogP contribution in [0.4, 0.5) is 11.4 Å². The van der Waals surface area contributed by atoms with Crippen LogP contribution in [0.5, 0.6) is 0 Å². The van der Waals surface area contributed by atoms with E-state index in [1.54, 1.807) is 30.0 Å². The van der Waals surface area contributed by atoms with Crippen LogP contribution in [0.15, 0.2) is 59.5 Å². The summed E-state index contributed by atoms with van der Waals surface area (Å²) in [6, 6.07) is 16.2. The van der Waals surface area contributed by atoms with E-state index in [9.17, 15) is 13.2 Å². The number of aryl methyl sites for hydroxylation is 4. The average Bonchev–Trinajstić information content (AvgIpc) is 2.82. The van der Waals surface area contributed by atoms with Gasteiger partial charge in [-0.05, 0) is 74.7 Å². The Kier molecular flexibility index (Phi) is 7.10. The second-order valence-corrected chi connectivity index (χ2v) is 11.2. The Morgan fingerprint density at radius 1 is 0.829 bits per heavy atom. The SMILES string of the molecule is Cc1ccc(NS(=O)(=O)c2cc(C(=O)N3CCN(c4cc(Cl)ccc4C)CC3)ccc2C)c(C)c1. The first-order valence-electron chi connectivity index (χ1n) is 11.6. The second kappa shape index (κ2) is 9.91. The van der Waals surface area contributed by atoms with Crippen LogP contribution in [0, 0.1) is 27.7 Å². The van der Waals surface area contributed by atoms with Crippen molar-refractivity contribution in [2.45, 2.75) is 32.6 Å². The molecule has 0 bridgehead atoms. The van der Waals surface area contributed by atoms with Crippen molar-refractivity contribution in [1.29, 1.82) is 0 Å². The number of carbonyl (C=O) groups is 1. The van der Waals surface area contributed by atoms with Gasteiger partial charge in [-0.15, -0.1) is 0 Å². The predicted molar refractivity (Wildman–Crippen MR) is 142 cm³/mol. The highest BCUT2D eigenvalue weighted by Crippen LogP contribution is 2.27. The molecular weight excluding hydrogens is 482 g/mol. The molecule has 1 saturated heterocycles. The molecule has 8 heteroatoms. The fourth-order valence-corrected chi connectivity index (χ4v) is 5.98. The Bertz CT molecular complexity index is 1380. The summed E-state index contributed by atoms with van der Waals surface area (Å²) in [5.41, 5.74) is 5.58. The number of nitrogens with zero attached hydrogens (tertiary/aromatic N) is 2. The number of hydrogen-bond donors (Lipinski definition) is 1. The number of anilines is 2. The van der Waals surface area contributed by atoms with Crippen LogP contribution < -0.4 is 9.62 Å². The molecule has 0 aliphatic carbocycles. The minimum absolute atomic E-state index is 0.108. The molecule has 3 aromatic rings.